The lowest BCUT2D eigenvalue weighted by molar-refractivity contribution is -0.119. The summed E-state index contributed by atoms with van der Waals surface area (Å²) in [6.07, 6.45) is 0. The summed E-state index contributed by atoms with van der Waals surface area (Å²) in [7, 11) is 0. The van der Waals surface area contributed by atoms with Crippen molar-refractivity contribution in [2.45, 2.75) is 6.92 Å². The maximum atomic E-state index is 12.0. The Morgan fingerprint density at radius 2 is 2.04 bits per heavy atom. The van der Waals surface area contributed by atoms with E-state index < -0.39 is 18.5 Å². The molecule has 0 radical (unpaired) electrons. The third-order valence-electron chi connectivity index (χ3n) is 3.11. The lowest BCUT2D eigenvalue weighted by Gasteiger charge is -2.10. The number of nitrogen functional groups attached to an aromatic ring is 1. The molecule has 0 saturated heterocycles. The smallest absolute Gasteiger partial charge is 0.340 e. The van der Waals surface area contributed by atoms with Crippen molar-refractivity contribution in [2.75, 3.05) is 17.7 Å². The molecule has 0 fully saturated rings. The normalized spacial score (nSPS) is 10.2. The Hall–Kier alpha value is -2.05. The van der Waals surface area contributed by atoms with Crippen LogP contribution in [0, 0.1) is 6.92 Å². The van der Waals surface area contributed by atoms with Crippen LogP contribution in [0.2, 0.25) is 5.02 Å². The van der Waals surface area contributed by atoms with Crippen molar-refractivity contribution in [3.8, 4) is 0 Å². The highest BCUT2D eigenvalue weighted by atomic mass is 79.9. The predicted octanol–water partition coefficient (Wildman–Crippen LogP) is 3.79. The standard InChI is InChI=1S/C16H14BrClN2O3/c1-9-12(18)3-2-4-14(9)20-15(21)8-23-16(22)11-7-10(17)5-6-13(11)19/h2-7H,8,19H2,1H3,(H,20,21). The summed E-state index contributed by atoms with van der Waals surface area (Å²) in [5.41, 5.74) is 7.51. The number of hydrogen-bond donors (Lipinski definition) is 2. The first-order chi connectivity index (χ1) is 10.9. The van der Waals surface area contributed by atoms with Gasteiger partial charge in [0.1, 0.15) is 0 Å². The van der Waals surface area contributed by atoms with Crippen molar-refractivity contribution in [3.05, 3.63) is 57.0 Å². The number of ether oxygens (including phenoxy) is 1. The van der Waals surface area contributed by atoms with Crippen LogP contribution in [0.4, 0.5) is 11.4 Å². The van der Waals surface area contributed by atoms with Gasteiger partial charge < -0.3 is 15.8 Å². The fourth-order valence-corrected chi connectivity index (χ4v) is 2.38. The molecule has 0 heterocycles. The van der Waals surface area contributed by atoms with Crippen molar-refractivity contribution in [3.63, 3.8) is 0 Å². The van der Waals surface area contributed by atoms with Crippen LogP contribution < -0.4 is 11.1 Å². The minimum absolute atomic E-state index is 0.200. The SMILES string of the molecule is Cc1c(Cl)cccc1NC(=O)COC(=O)c1cc(Br)ccc1N. The molecule has 2 rings (SSSR count). The van der Waals surface area contributed by atoms with E-state index in [1.807, 2.05) is 0 Å². The number of nitrogens with one attached hydrogen (secondary N) is 1. The van der Waals surface area contributed by atoms with Crippen molar-refractivity contribution < 1.29 is 14.3 Å². The molecule has 3 N–H and O–H groups in total. The van der Waals surface area contributed by atoms with Gasteiger partial charge in [0, 0.05) is 20.9 Å². The summed E-state index contributed by atoms with van der Waals surface area (Å²) in [6, 6.07) is 9.99. The van der Waals surface area contributed by atoms with Crippen molar-refractivity contribution >= 4 is 50.8 Å². The van der Waals surface area contributed by atoms with Crippen LogP contribution in [0.5, 0.6) is 0 Å². The Kier molecular flexibility index (Phi) is 5.63. The average Bonchev–Trinajstić information content (AvgIpc) is 2.52. The molecule has 2 aromatic carbocycles. The largest absolute Gasteiger partial charge is 0.452 e. The van der Waals surface area contributed by atoms with Gasteiger partial charge in [0.15, 0.2) is 6.61 Å². The third kappa shape index (κ3) is 4.46. The molecule has 0 bridgehead atoms. The van der Waals surface area contributed by atoms with E-state index in [2.05, 4.69) is 21.2 Å². The molecule has 5 nitrogen and oxygen atoms in total. The summed E-state index contributed by atoms with van der Waals surface area (Å²) >= 11 is 9.23. The quantitative estimate of drug-likeness (QED) is 0.607. The van der Waals surface area contributed by atoms with Crippen molar-refractivity contribution in [1.82, 2.24) is 0 Å². The van der Waals surface area contributed by atoms with Crippen molar-refractivity contribution in [2.24, 2.45) is 0 Å². The first-order valence-electron chi connectivity index (χ1n) is 6.65. The molecule has 0 aliphatic heterocycles. The van der Waals surface area contributed by atoms with Gasteiger partial charge in [-0.05, 0) is 42.8 Å². The molecule has 0 saturated carbocycles. The number of amides is 1. The van der Waals surface area contributed by atoms with E-state index in [0.717, 1.165) is 5.56 Å². The summed E-state index contributed by atoms with van der Waals surface area (Å²) in [5.74, 6) is -1.13. The van der Waals surface area contributed by atoms with Crippen LogP contribution in [0.1, 0.15) is 15.9 Å². The topological polar surface area (TPSA) is 81.4 Å². The highest BCUT2D eigenvalue weighted by Crippen LogP contribution is 2.23. The van der Waals surface area contributed by atoms with Gasteiger partial charge in [0.2, 0.25) is 0 Å². The number of anilines is 2. The molecule has 0 atom stereocenters. The van der Waals surface area contributed by atoms with Gasteiger partial charge in [-0.15, -0.1) is 0 Å². The highest BCUT2D eigenvalue weighted by molar-refractivity contribution is 9.10. The first-order valence-corrected chi connectivity index (χ1v) is 7.82. The van der Waals surface area contributed by atoms with E-state index >= 15 is 0 Å². The van der Waals surface area contributed by atoms with Gasteiger partial charge in [-0.3, -0.25) is 4.79 Å². The van der Waals surface area contributed by atoms with Crippen LogP contribution in [0.25, 0.3) is 0 Å². The monoisotopic (exact) mass is 396 g/mol. The van der Waals surface area contributed by atoms with E-state index in [1.54, 1.807) is 37.3 Å². The molecule has 0 unspecified atom stereocenters. The average molecular weight is 398 g/mol. The number of hydrogen-bond acceptors (Lipinski definition) is 4. The van der Waals surface area contributed by atoms with E-state index in [0.29, 0.717) is 15.2 Å². The summed E-state index contributed by atoms with van der Waals surface area (Å²) in [4.78, 5) is 23.9. The van der Waals surface area contributed by atoms with Crippen LogP contribution in [0.3, 0.4) is 0 Å². The maximum absolute atomic E-state index is 12.0. The summed E-state index contributed by atoms with van der Waals surface area (Å²) in [5, 5.41) is 3.19. The molecule has 7 heteroatoms. The number of esters is 1. The second-order valence-corrected chi connectivity index (χ2v) is 6.09. The molecular weight excluding hydrogens is 384 g/mol. The number of halogens is 2. The molecular formula is C16H14BrClN2O3. The molecule has 0 aliphatic rings. The first kappa shape index (κ1) is 17.3. The maximum Gasteiger partial charge on any atom is 0.340 e. The van der Waals surface area contributed by atoms with Gasteiger partial charge >= 0.3 is 5.97 Å². The zero-order valence-corrected chi connectivity index (χ0v) is 14.6. The summed E-state index contributed by atoms with van der Waals surface area (Å²) in [6.45, 7) is 1.36. The molecule has 1 amide bonds. The number of carbonyl (C=O) groups is 2. The lowest BCUT2D eigenvalue weighted by atomic mass is 10.2. The van der Waals surface area contributed by atoms with Crippen LogP contribution in [-0.2, 0) is 9.53 Å². The molecule has 23 heavy (non-hydrogen) atoms. The minimum atomic E-state index is -0.665. The Balaban J connectivity index is 1.98. The third-order valence-corrected chi connectivity index (χ3v) is 4.01. The van der Waals surface area contributed by atoms with Gasteiger partial charge in [-0.25, -0.2) is 4.79 Å². The number of carbonyl (C=O) groups excluding carboxylic acids is 2. The van der Waals surface area contributed by atoms with Gasteiger partial charge in [0.05, 0.1) is 5.56 Å². The van der Waals surface area contributed by atoms with Crippen molar-refractivity contribution in [1.29, 1.82) is 0 Å². The van der Waals surface area contributed by atoms with Gasteiger partial charge in [-0.1, -0.05) is 33.6 Å². The second-order valence-electron chi connectivity index (χ2n) is 4.77. The van der Waals surface area contributed by atoms with Crippen LogP contribution >= 0.6 is 27.5 Å². The zero-order chi connectivity index (χ0) is 17.0. The Labute approximate surface area is 146 Å². The lowest BCUT2D eigenvalue weighted by Crippen LogP contribution is -2.21. The van der Waals surface area contributed by atoms with Crippen LogP contribution in [0.15, 0.2) is 40.9 Å². The van der Waals surface area contributed by atoms with E-state index in [4.69, 9.17) is 22.1 Å². The number of benzene rings is 2. The fourth-order valence-electron chi connectivity index (χ4n) is 1.84. The molecule has 0 aliphatic carbocycles. The van der Waals surface area contributed by atoms with E-state index in [9.17, 15) is 9.59 Å². The predicted molar refractivity (Wildman–Crippen MR) is 93.7 cm³/mol. The van der Waals surface area contributed by atoms with Crippen LogP contribution in [-0.4, -0.2) is 18.5 Å². The molecule has 2 aromatic rings. The number of rotatable bonds is 4. The van der Waals surface area contributed by atoms with Gasteiger partial charge in [0.25, 0.3) is 5.91 Å². The molecule has 120 valence electrons. The summed E-state index contributed by atoms with van der Waals surface area (Å²) < 4.78 is 5.68. The minimum Gasteiger partial charge on any atom is -0.452 e. The number of nitrogens with two attached hydrogens (primary N) is 1. The molecule has 0 aromatic heterocycles. The van der Waals surface area contributed by atoms with E-state index in [-0.39, 0.29) is 11.3 Å². The Morgan fingerprint density at radius 3 is 2.78 bits per heavy atom. The Morgan fingerprint density at radius 1 is 1.30 bits per heavy atom. The Bertz CT molecular complexity index is 765. The second kappa shape index (κ2) is 7.48. The fraction of sp³-hybridized carbons (Fsp3) is 0.125. The zero-order valence-electron chi connectivity index (χ0n) is 12.2. The van der Waals surface area contributed by atoms with E-state index in [1.165, 1.54) is 6.07 Å². The molecule has 0 spiro atoms. The van der Waals surface area contributed by atoms with Gasteiger partial charge in [-0.2, -0.15) is 0 Å². The highest BCUT2D eigenvalue weighted by Gasteiger charge is 2.14.